The van der Waals surface area contributed by atoms with Crippen LogP contribution in [0.5, 0.6) is 0 Å². The number of piperazine rings is 1. The van der Waals surface area contributed by atoms with E-state index >= 15 is 0 Å². The van der Waals surface area contributed by atoms with Gasteiger partial charge in [0.2, 0.25) is 11.8 Å². The second-order valence-corrected chi connectivity index (χ2v) is 7.87. The van der Waals surface area contributed by atoms with Crippen molar-refractivity contribution in [1.82, 2.24) is 9.80 Å². The summed E-state index contributed by atoms with van der Waals surface area (Å²) in [4.78, 5) is 36.0. The molecule has 0 aromatic heterocycles. The summed E-state index contributed by atoms with van der Waals surface area (Å²) < 4.78 is 24.6. The van der Waals surface area contributed by atoms with E-state index in [0.717, 1.165) is 6.42 Å². The molecule has 2 amide bonds. The molecule has 26 heavy (non-hydrogen) atoms. The minimum Gasteiger partial charge on any atom is -0.483 e. The standard InChI is InChI=1S/C16H22N2O4S.CH2O2/c1-3-9-17-12-15(19)18(13(2)16(17)20)10-11-23(21,22)14-7-5-4-6-8-14;2-1-3/h4-8,13H,3,9-12H2,1-2H3;1H,(H,2,3)/t13-;/m1./s1. The van der Waals surface area contributed by atoms with Crippen LogP contribution in [0.1, 0.15) is 20.3 Å². The van der Waals surface area contributed by atoms with Crippen molar-refractivity contribution < 1.29 is 27.9 Å². The van der Waals surface area contributed by atoms with Gasteiger partial charge in [-0.15, -0.1) is 0 Å². The molecule has 1 aliphatic heterocycles. The van der Waals surface area contributed by atoms with Crippen LogP contribution in [-0.4, -0.2) is 73.0 Å². The van der Waals surface area contributed by atoms with Gasteiger partial charge in [-0.25, -0.2) is 8.42 Å². The lowest BCUT2D eigenvalue weighted by atomic mass is 10.1. The fourth-order valence-electron chi connectivity index (χ4n) is 2.69. The van der Waals surface area contributed by atoms with Gasteiger partial charge in [0.25, 0.3) is 6.47 Å². The van der Waals surface area contributed by atoms with E-state index in [-0.39, 0.29) is 42.0 Å². The van der Waals surface area contributed by atoms with Crippen LogP contribution in [0.3, 0.4) is 0 Å². The molecule has 1 atom stereocenters. The van der Waals surface area contributed by atoms with E-state index in [0.29, 0.717) is 6.54 Å². The fourth-order valence-corrected chi connectivity index (χ4v) is 3.93. The number of rotatable bonds is 6. The van der Waals surface area contributed by atoms with Crippen molar-refractivity contribution in [3.05, 3.63) is 30.3 Å². The molecule has 1 aromatic rings. The zero-order valence-electron chi connectivity index (χ0n) is 14.9. The van der Waals surface area contributed by atoms with Crippen LogP contribution >= 0.6 is 0 Å². The van der Waals surface area contributed by atoms with Gasteiger partial charge < -0.3 is 14.9 Å². The molecule has 8 nitrogen and oxygen atoms in total. The van der Waals surface area contributed by atoms with Gasteiger partial charge in [-0.05, 0) is 25.5 Å². The van der Waals surface area contributed by atoms with Crippen molar-refractivity contribution in [2.24, 2.45) is 0 Å². The topological polar surface area (TPSA) is 112 Å². The Labute approximate surface area is 153 Å². The highest BCUT2D eigenvalue weighted by Gasteiger charge is 2.36. The number of carboxylic acid groups (broad SMARTS) is 1. The average Bonchev–Trinajstić information content (AvgIpc) is 2.61. The van der Waals surface area contributed by atoms with Crippen LogP contribution in [0.2, 0.25) is 0 Å². The van der Waals surface area contributed by atoms with Crippen LogP contribution < -0.4 is 0 Å². The van der Waals surface area contributed by atoms with Crippen LogP contribution in [0.25, 0.3) is 0 Å². The van der Waals surface area contributed by atoms with Gasteiger partial charge in [0.15, 0.2) is 9.84 Å². The molecule has 1 saturated heterocycles. The Morgan fingerprint density at radius 1 is 1.19 bits per heavy atom. The molecule has 1 aliphatic rings. The highest BCUT2D eigenvalue weighted by atomic mass is 32.2. The lowest BCUT2D eigenvalue weighted by molar-refractivity contribution is -0.154. The zero-order chi connectivity index (χ0) is 19.7. The van der Waals surface area contributed by atoms with Gasteiger partial charge >= 0.3 is 0 Å². The molecule has 9 heteroatoms. The summed E-state index contributed by atoms with van der Waals surface area (Å²) >= 11 is 0. The first-order chi connectivity index (χ1) is 12.3. The first kappa shape index (κ1) is 21.6. The van der Waals surface area contributed by atoms with E-state index in [4.69, 9.17) is 9.90 Å². The Morgan fingerprint density at radius 3 is 2.31 bits per heavy atom. The third-order valence-corrected chi connectivity index (χ3v) is 5.69. The van der Waals surface area contributed by atoms with E-state index in [1.807, 2.05) is 6.92 Å². The number of carbonyl (C=O) groups excluding carboxylic acids is 2. The molecule has 0 bridgehead atoms. The third-order valence-electron chi connectivity index (χ3n) is 3.98. The van der Waals surface area contributed by atoms with Crippen LogP contribution in [0.4, 0.5) is 0 Å². The molecule has 1 fully saturated rings. The predicted molar refractivity (Wildman–Crippen MR) is 95.2 cm³/mol. The van der Waals surface area contributed by atoms with E-state index in [2.05, 4.69) is 0 Å². The van der Waals surface area contributed by atoms with Gasteiger partial charge in [0, 0.05) is 13.1 Å². The zero-order valence-corrected chi connectivity index (χ0v) is 15.7. The molecule has 0 unspecified atom stereocenters. The van der Waals surface area contributed by atoms with Crippen molar-refractivity contribution >= 4 is 28.1 Å². The van der Waals surface area contributed by atoms with Crippen LogP contribution in [-0.2, 0) is 24.2 Å². The van der Waals surface area contributed by atoms with E-state index < -0.39 is 15.9 Å². The molecule has 0 radical (unpaired) electrons. The normalized spacial score (nSPS) is 17.5. The maximum atomic E-state index is 12.3. The second kappa shape index (κ2) is 9.91. The van der Waals surface area contributed by atoms with Crippen molar-refractivity contribution in [2.75, 3.05) is 25.4 Å². The smallest absolute Gasteiger partial charge is 0.290 e. The average molecular weight is 384 g/mol. The molecule has 0 aliphatic carbocycles. The Hall–Kier alpha value is -2.42. The quantitative estimate of drug-likeness (QED) is 0.720. The molecule has 2 rings (SSSR count). The van der Waals surface area contributed by atoms with Crippen molar-refractivity contribution in [1.29, 1.82) is 0 Å². The Bertz CT molecular complexity index is 720. The summed E-state index contributed by atoms with van der Waals surface area (Å²) in [7, 11) is -3.47. The molecule has 144 valence electrons. The molecular formula is C17H24N2O6S. The summed E-state index contributed by atoms with van der Waals surface area (Å²) in [5, 5.41) is 6.89. The predicted octanol–water partition coefficient (Wildman–Crippen LogP) is 0.630. The SMILES string of the molecule is CCCN1CC(=O)N(CCS(=O)(=O)c2ccccc2)[C@H](C)C1=O.O=CO. The number of hydrogen-bond donors (Lipinski definition) is 1. The van der Waals surface area contributed by atoms with Crippen molar-refractivity contribution in [3.8, 4) is 0 Å². The number of benzene rings is 1. The summed E-state index contributed by atoms with van der Waals surface area (Å²) in [6, 6.07) is 7.52. The number of sulfone groups is 1. The molecule has 1 N–H and O–H groups in total. The summed E-state index contributed by atoms with van der Waals surface area (Å²) in [5.74, 6) is -0.508. The Kier molecular flexibility index (Phi) is 8.24. The lowest BCUT2D eigenvalue weighted by Gasteiger charge is -2.38. The Morgan fingerprint density at radius 2 is 1.77 bits per heavy atom. The summed E-state index contributed by atoms with van der Waals surface area (Å²) in [5.41, 5.74) is 0. The maximum Gasteiger partial charge on any atom is 0.290 e. The first-order valence-electron chi connectivity index (χ1n) is 8.22. The van der Waals surface area contributed by atoms with Gasteiger partial charge in [-0.1, -0.05) is 25.1 Å². The second-order valence-electron chi connectivity index (χ2n) is 5.76. The molecular weight excluding hydrogens is 360 g/mol. The van der Waals surface area contributed by atoms with Gasteiger partial charge in [0.1, 0.15) is 6.04 Å². The minimum atomic E-state index is -3.47. The van der Waals surface area contributed by atoms with Gasteiger partial charge in [0.05, 0.1) is 17.2 Å². The van der Waals surface area contributed by atoms with E-state index in [1.54, 1.807) is 25.1 Å². The van der Waals surface area contributed by atoms with Crippen LogP contribution in [0.15, 0.2) is 35.2 Å². The largest absolute Gasteiger partial charge is 0.483 e. The number of hydrogen-bond acceptors (Lipinski definition) is 5. The fraction of sp³-hybridized carbons (Fsp3) is 0.471. The summed E-state index contributed by atoms with van der Waals surface area (Å²) in [6.07, 6.45) is 0.786. The van der Waals surface area contributed by atoms with Crippen LogP contribution in [0, 0.1) is 0 Å². The summed E-state index contributed by atoms with van der Waals surface area (Å²) in [6.45, 7) is 3.95. The maximum absolute atomic E-state index is 12.3. The van der Waals surface area contributed by atoms with E-state index in [9.17, 15) is 18.0 Å². The van der Waals surface area contributed by atoms with Crippen molar-refractivity contribution in [2.45, 2.75) is 31.2 Å². The first-order valence-corrected chi connectivity index (χ1v) is 9.87. The monoisotopic (exact) mass is 384 g/mol. The molecule has 0 spiro atoms. The van der Waals surface area contributed by atoms with Gasteiger partial charge in [-0.3, -0.25) is 14.4 Å². The number of carbonyl (C=O) groups is 3. The van der Waals surface area contributed by atoms with E-state index in [1.165, 1.54) is 21.9 Å². The highest BCUT2D eigenvalue weighted by molar-refractivity contribution is 7.91. The minimum absolute atomic E-state index is 0.0302. The lowest BCUT2D eigenvalue weighted by Crippen LogP contribution is -2.59. The number of nitrogens with zero attached hydrogens (tertiary/aromatic N) is 2. The molecule has 0 saturated carbocycles. The molecule has 1 aromatic carbocycles. The van der Waals surface area contributed by atoms with Crippen molar-refractivity contribution in [3.63, 3.8) is 0 Å². The Balaban J connectivity index is 0.00000105. The number of amides is 2. The highest BCUT2D eigenvalue weighted by Crippen LogP contribution is 2.15. The molecule has 1 heterocycles. The van der Waals surface area contributed by atoms with Gasteiger partial charge in [-0.2, -0.15) is 0 Å². The third kappa shape index (κ3) is 5.55.